The van der Waals surface area contributed by atoms with E-state index < -0.39 is 0 Å². The van der Waals surface area contributed by atoms with Crippen LogP contribution in [0.4, 0.5) is 0 Å². The summed E-state index contributed by atoms with van der Waals surface area (Å²) in [6, 6.07) is 14.8. The minimum Gasteiger partial charge on any atom is -0.508 e. The van der Waals surface area contributed by atoms with Crippen molar-refractivity contribution in [3.8, 4) is 11.5 Å². The van der Waals surface area contributed by atoms with Crippen molar-refractivity contribution in [2.45, 2.75) is 26.2 Å². The maximum Gasteiger partial charge on any atom is 0.253 e. The van der Waals surface area contributed by atoms with E-state index in [1.165, 1.54) is 5.56 Å². The third-order valence-electron chi connectivity index (χ3n) is 4.61. The standard InChI is InChI=1S/C21H25NO3/c1-2-13-25-20-9-5-18(6-10-20)21(24)22-12-11-17(15-22)14-16-3-7-19(23)8-4-16/h3-10,17,23H,2,11-15H2,1H3. The Morgan fingerprint density at radius 2 is 1.88 bits per heavy atom. The normalized spacial score (nSPS) is 16.8. The highest BCUT2D eigenvalue weighted by molar-refractivity contribution is 5.94. The molecule has 1 heterocycles. The van der Waals surface area contributed by atoms with Crippen molar-refractivity contribution in [2.24, 2.45) is 5.92 Å². The SMILES string of the molecule is CCCOc1ccc(C(=O)N2CCC(Cc3ccc(O)cc3)C2)cc1. The molecule has 0 aliphatic carbocycles. The molecule has 1 aliphatic heterocycles. The van der Waals surface area contributed by atoms with E-state index in [0.717, 1.165) is 38.1 Å². The van der Waals surface area contributed by atoms with Crippen LogP contribution in [-0.2, 0) is 6.42 Å². The number of ether oxygens (including phenoxy) is 1. The second kappa shape index (κ2) is 8.06. The number of phenols is 1. The van der Waals surface area contributed by atoms with Crippen molar-refractivity contribution < 1.29 is 14.6 Å². The van der Waals surface area contributed by atoms with E-state index in [9.17, 15) is 9.90 Å². The fourth-order valence-corrected chi connectivity index (χ4v) is 3.25. The number of phenolic OH excluding ortho intramolecular Hbond substituents is 1. The van der Waals surface area contributed by atoms with Gasteiger partial charge >= 0.3 is 0 Å². The summed E-state index contributed by atoms with van der Waals surface area (Å²) >= 11 is 0. The van der Waals surface area contributed by atoms with E-state index in [1.807, 2.05) is 41.3 Å². The smallest absolute Gasteiger partial charge is 0.253 e. The summed E-state index contributed by atoms with van der Waals surface area (Å²) in [6.07, 6.45) is 2.93. The molecule has 2 aromatic carbocycles. The van der Waals surface area contributed by atoms with Crippen molar-refractivity contribution in [3.63, 3.8) is 0 Å². The number of likely N-dealkylation sites (tertiary alicyclic amines) is 1. The first-order chi connectivity index (χ1) is 12.2. The van der Waals surface area contributed by atoms with Crippen molar-refractivity contribution in [1.82, 2.24) is 4.90 Å². The quantitative estimate of drug-likeness (QED) is 0.869. The summed E-state index contributed by atoms with van der Waals surface area (Å²) in [4.78, 5) is 14.6. The Morgan fingerprint density at radius 1 is 1.16 bits per heavy atom. The van der Waals surface area contributed by atoms with Gasteiger partial charge in [-0.1, -0.05) is 19.1 Å². The minimum atomic E-state index is 0.0928. The highest BCUT2D eigenvalue weighted by atomic mass is 16.5. The molecule has 25 heavy (non-hydrogen) atoms. The molecule has 0 spiro atoms. The molecule has 2 aromatic rings. The van der Waals surface area contributed by atoms with Gasteiger partial charge in [-0.15, -0.1) is 0 Å². The third kappa shape index (κ3) is 4.53. The number of carbonyl (C=O) groups is 1. The van der Waals surface area contributed by atoms with Gasteiger partial charge in [0, 0.05) is 18.7 Å². The van der Waals surface area contributed by atoms with Crippen molar-refractivity contribution in [1.29, 1.82) is 0 Å². The highest BCUT2D eigenvalue weighted by Gasteiger charge is 2.27. The zero-order chi connectivity index (χ0) is 17.6. The molecule has 0 aromatic heterocycles. The Morgan fingerprint density at radius 3 is 2.56 bits per heavy atom. The summed E-state index contributed by atoms with van der Waals surface area (Å²) in [7, 11) is 0. The van der Waals surface area contributed by atoms with E-state index in [1.54, 1.807) is 12.1 Å². The zero-order valence-corrected chi connectivity index (χ0v) is 14.6. The number of amides is 1. The molecule has 1 fully saturated rings. The zero-order valence-electron chi connectivity index (χ0n) is 14.6. The molecule has 1 N–H and O–H groups in total. The monoisotopic (exact) mass is 339 g/mol. The first-order valence-corrected chi connectivity index (χ1v) is 8.95. The lowest BCUT2D eigenvalue weighted by Crippen LogP contribution is -2.28. The van der Waals surface area contributed by atoms with Gasteiger partial charge in [0.25, 0.3) is 5.91 Å². The summed E-state index contributed by atoms with van der Waals surface area (Å²) in [5, 5.41) is 9.36. The van der Waals surface area contributed by atoms with Crippen LogP contribution < -0.4 is 4.74 Å². The maximum absolute atomic E-state index is 12.7. The topological polar surface area (TPSA) is 49.8 Å². The molecule has 0 radical (unpaired) electrons. The number of hydrogen-bond donors (Lipinski definition) is 1. The lowest BCUT2D eigenvalue weighted by Gasteiger charge is -2.17. The molecule has 1 unspecified atom stereocenters. The van der Waals surface area contributed by atoms with Gasteiger partial charge in [-0.2, -0.15) is 0 Å². The van der Waals surface area contributed by atoms with Crippen molar-refractivity contribution in [2.75, 3.05) is 19.7 Å². The average molecular weight is 339 g/mol. The van der Waals surface area contributed by atoms with Gasteiger partial charge in [0.15, 0.2) is 0 Å². The van der Waals surface area contributed by atoms with E-state index in [2.05, 4.69) is 6.92 Å². The van der Waals surface area contributed by atoms with Crippen LogP contribution in [0.1, 0.15) is 35.7 Å². The van der Waals surface area contributed by atoms with Gasteiger partial charge in [-0.25, -0.2) is 0 Å². The molecule has 3 rings (SSSR count). The van der Waals surface area contributed by atoms with Crippen LogP contribution in [0.2, 0.25) is 0 Å². The highest BCUT2D eigenvalue weighted by Crippen LogP contribution is 2.24. The van der Waals surface area contributed by atoms with Gasteiger partial charge in [0.05, 0.1) is 6.61 Å². The van der Waals surface area contributed by atoms with Gasteiger partial charge < -0.3 is 14.7 Å². The molecule has 0 bridgehead atoms. The third-order valence-corrected chi connectivity index (χ3v) is 4.61. The second-order valence-corrected chi connectivity index (χ2v) is 6.65. The lowest BCUT2D eigenvalue weighted by atomic mass is 9.99. The molecule has 1 amide bonds. The Kier molecular flexibility index (Phi) is 5.59. The first kappa shape index (κ1) is 17.3. The Balaban J connectivity index is 1.55. The van der Waals surface area contributed by atoms with Crippen molar-refractivity contribution in [3.05, 3.63) is 59.7 Å². The molecule has 132 valence electrons. The predicted octanol–water partition coefficient (Wildman–Crippen LogP) is 3.89. The van der Waals surface area contributed by atoms with E-state index >= 15 is 0 Å². The number of carbonyl (C=O) groups excluding carboxylic acids is 1. The van der Waals surface area contributed by atoms with Crippen LogP contribution in [0.15, 0.2) is 48.5 Å². The summed E-state index contributed by atoms with van der Waals surface area (Å²) in [6.45, 7) is 4.35. The molecule has 1 aliphatic rings. The molecule has 1 saturated heterocycles. The number of nitrogens with zero attached hydrogens (tertiary/aromatic N) is 1. The number of rotatable bonds is 6. The predicted molar refractivity (Wildman–Crippen MR) is 98.0 cm³/mol. The van der Waals surface area contributed by atoms with Gasteiger partial charge in [-0.05, 0) is 67.1 Å². The number of hydrogen-bond acceptors (Lipinski definition) is 3. The molecule has 4 heteroatoms. The largest absolute Gasteiger partial charge is 0.508 e. The number of aromatic hydroxyl groups is 1. The van der Waals surface area contributed by atoms with E-state index in [-0.39, 0.29) is 5.91 Å². The van der Waals surface area contributed by atoms with Gasteiger partial charge in [-0.3, -0.25) is 4.79 Å². The lowest BCUT2D eigenvalue weighted by molar-refractivity contribution is 0.0787. The van der Waals surface area contributed by atoms with E-state index in [0.29, 0.717) is 23.8 Å². The molecule has 0 saturated carbocycles. The fraction of sp³-hybridized carbons (Fsp3) is 0.381. The fourth-order valence-electron chi connectivity index (χ4n) is 3.25. The second-order valence-electron chi connectivity index (χ2n) is 6.65. The Labute approximate surface area is 149 Å². The summed E-state index contributed by atoms with van der Waals surface area (Å²) in [5.41, 5.74) is 1.92. The first-order valence-electron chi connectivity index (χ1n) is 8.95. The Bertz CT molecular complexity index is 694. The van der Waals surface area contributed by atoms with Crippen LogP contribution in [0, 0.1) is 5.92 Å². The van der Waals surface area contributed by atoms with Crippen LogP contribution in [0.3, 0.4) is 0 Å². The number of benzene rings is 2. The molecular weight excluding hydrogens is 314 g/mol. The van der Waals surface area contributed by atoms with Crippen molar-refractivity contribution >= 4 is 5.91 Å². The Hall–Kier alpha value is -2.49. The van der Waals surface area contributed by atoms with Crippen LogP contribution in [0.25, 0.3) is 0 Å². The summed E-state index contributed by atoms with van der Waals surface area (Å²) in [5.74, 6) is 1.67. The molecule has 1 atom stereocenters. The molecular formula is C21H25NO3. The van der Waals surface area contributed by atoms with Crippen LogP contribution in [0.5, 0.6) is 11.5 Å². The van der Waals surface area contributed by atoms with Crippen LogP contribution >= 0.6 is 0 Å². The van der Waals surface area contributed by atoms with E-state index in [4.69, 9.17) is 4.74 Å². The maximum atomic E-state index is 12.7. The molecule has 4 nitrogen and oxygen atoms in total. The van der Waals surface area contributed by atoms with Crippen LogP contribution in [-0.4, -0.2) is 35.6 Å². The van der Waals surface area contributed by atoms with Gasteiger partial charge in [0.2, 0.25) is 0 Å². The summed E-state index contributed by atoms with van der Waals surface area (Å²) < 4.78 is 5.56. The van der Waals surface area contributed by atoms with Gasteiger partial charge in [0.1, 0.15) is 11.5 Å². The minimum absolute atomic E-state index is 0.0928. The average Bonchev–Trinajstić information content (AvgIpc) is 3.10.